The third-order valence-electron chi connectivity index (χ3n) is 1.86. The lowest BCUT2D eigenvalue weighted by molar-refractivity contribution is -0.131. The van der Waals surface area contributed by atoms with Crippen molar-refractivity contribution in [3.8, 4) is 0 Å². The van der Waals surface area contributed by atoms with Gasteiger partial charge >= 0.3 is 11.7 Å². The van der Waals surface area contributed by atoms with Crippen molar-refractivity contribution in [2.45, 2.75) is 0 Å². The van der Waals surface area contributed by atoms with Gasteiger partial charge in [-0.2, -0.15) is 0 Å². The Morgan fingerprint density at radius 2 is 2.27 bits per heavy atom. The van der Waals surface area contributed by atoms with Gasteiger partial charge in [0, 0.05) is 6.08 Å². The van der Waals surface area contributed by atoms with Gasteiger partial charge < -0.3 is 9.52 Å². The molecule has 2 N–H and O–H groups in total. The summed E-state index contributed by atoms with van der Waals surface area (Å²) in [7, 11) is 0. The fourth-order valence-corrected chi connectivity index (χ4v) is 1.23. The van der Waals surface area contributed by atoms with Crippen LogP contribution >= 0.6 is 0 Å². The molecule has 0 spiro atoms. The summed E-state index contributed by atoms with van der Waals surface area (Å²) in [4.78, 5) is 23.6. The minimum atomic E-state index is -1.02. The Hall–Kier alpha value is -2.30. The number of H-pyrrole nitrogens is 1. The Bertz CT molecular complexity index is 591. The van der Waals surface area contributed by atoms with E-state index < -0.39 is 11.7 Å². The number of aromatic amines is 1. The van der Waals surface area contributed by atoms with Gasteiger partial charge in [-0.25, -0.2) is 9.59 Å². The lowest BCUT2D eigenvalue weighted by atomic mass is 10.2. The van der Waals surface area contributed by atoms with E-state index in [0.717, 1.165) is 6.08 Å². The van der Waals surface area contributed by atoms with Crippen molar-refractivity contribution in [1.82, 2.24) is 4.98 Å². The molecule has 0 amide bonds. The molecule has 0 aliphatic heterocycles. The highest BCUT2D eigenvalue weighted by atomic mass is 16.4. The molecule has 1 heterocycles. The predicted molar refractivity (Wildman–Crippen MR) is 53.5 cm³/mol. The maximum absolute atomic E-state index is 10.8. The number of carboxylic acid groups (broad SMARTS) is 1. The number of benzene rings is 1. The average molecular weight is 205 g/mol. The molecule has 5 heteroatoms. The minimum Gasteiger partial charge on any atom is -0.478 e. The molecule has 1 aromatic carbocycles. The zero-order valence-corrected chi connectivity index (χ0v) is 7.56. The van der Waals surface area contributed by atoms with Crippen LogP contribution in [0, 0.1) is 0 Å². The third-order valence-corrected chi connectivity index (χ3v) is 1.86. The maximum atomic E-state index is 10.8. The molecule has 0 fully saturated rings. The van der Waals surface area contributed by atoms with Crippen LogP contribution < -0.4 is 5.76 Å². The second-order valence-electron chi connectivity index (χ2n) is 2.94. The summed E-state index contributed by atoms with van der Waals surface area (Å²) in [6.45, 7) is 0. The standard InChI is InChI=1S/C10H7NO4/c12-9(13)4-2-6-1-3-7-8(5-6)15-10(14)11-7/h1-5H,(H,11,14)(H,12,13). The molecule has 2 rings (SSSR count). The van der Waals surface area contributed by atoms with Gasteiger partial charge in [0.1, 0.15) is 0 Å². The lowest BCUT2D eigenvalue weighted by Gasteiger charge is -1.91. The second kappa shape index (κ2) is 3.45. The van der Waals surface area contributed by atoms with Crippen LogP contribution in [0.3, 0.4) is 0 Å². The largest absolute Gasteiger partial charge is 0.478 e. The van der Waals surface area contributed by atoms with Crippen molar-refractivity contribution in [2.75, 3.05) is 0 Å². The molecule has 5 nitrogen and oxygen atoms in total. The van der Waals surface area contributed by atoms with Crippen LogP contribution in [0.1, 0.15) is 5.56 Å². The second-order valence-corrected chi connectivity index (χ2v) is 2.94. The highest BCUT2D eigenvalue weighted by Crippen LogP contribution is 2.13. The molecule has 1 aromatic heterocycles. The van der Waals surface area contributed by atoms with Crippen molar-refractivity contribution in [2.24, 2.45) is 0 Å². The van der Waals surface area contributed by atoms with Crippen LogP contribution in [-0.4, -0.2) is 16.1 Å². The number of rotatable bonds is 2. The molecule has 2 aromatic rings. The third kappa shape index (κ3) is 1.96. The topological polar surface area (TPSA) is 83.3 Å². The van der Waals surface area contributed by atoms with Crippen LogP contribution in [0.5, 0.6) is 0 Å². The number of aliphatic carboxylic acids is 1. The molecule has 0 aliphatic carbocycles. The summed E-state index contributed by atoms with van der Waals surface area (Å²) >= 11 is 0. The molecular weight excluding hydrogens is 198 g/mol. The van der Waals surface area contributed by atoms with E-state index in [1.807, 2.05) is 0 Å². The van der Waals surface area contributed by atoms with Crippen LogP contribution in [0.25, 0.3) is 17.2 Å². The lowest BCUT2D eigenvalue weighted by Crippen LogP contribution is -1.92. The van der Waals surface area contributed by atoms with Crippen molar-refractivity contribution in [3.05, 3.63) is 40.4 Å². The predicted octanol–water partition coefficient (Wildman–Crippen LogP) is 1.22. The van der Waals surface area contributed by atoms with E-state index in [0.29, 0.717) is 16.7 Å². The summed E-state index contributed by atoms with van der Waals surface area (Å²) in [6.07, 6.45) is 2.45. The fraction of sp³-hybridized carbons (Fsp3) is 0. The monoisotopic (exact) mass is 205 g/mol. The van der Waals surface area contributed by atoms with Gasteiger partial charge in [-0.15, -0.1) is 0 Å². The molecule has 0 atom stereocenters. The Balaban J connectivity index is 2.46. The molecule has 0 saturated heterocycles. The van der Waals surface area contributed by atoms with Gasteiger partial charge in [0.05, 0.1) is 5.52 Å². The van der Waals surface area contributed by atoms with Gasteiger partial charge in [0.15, 0.2) is 5.58 Å². The minimum absolute atomic E-state index is 0.410. The first kappa shape index (κ1) is 9.26. The smallest absolute Gasteiger partial charge is 0.417 e. The number of nitrogens with one attached hydrogen (secondary N) is 1. The number of carbonyl (C=O) groups is 1. The first-order valence-corrected chi connectivity index (χ1v) is 4.19. The molecule has 0 bridgehead atoms. The molecule has 0 radical (unpaired) electrons. The van der Waals surface area contributed by atoms with Gasteiger partial charge in [-0.05, 0) is 23.8 Å². The number of fused-ring (bicyclic) bond motifs is 1. The highest BCUT2D eigenvalue weighted by molar-refractivity contribution is 5.86. The first-order valence-electron chi connectivity index (χ1n) is 4.19. The number of hydrogen-bond acceptors (Lipinski definition) is 3. The molecule has 15 heavy (non-hydrogen) atoms. The Kier molecular flexibility index (Phi) is 2.13. The molecule has 76 valence electrons. The van der Waals surface area contributed by atoms with Crippen molar-refractivity contribution >= 4 is 23.1 Å². The van der Waals surface area contributed by atoms with E-state index in [9.17, 15) is 9.59 Å². The van der Waals surface area contributed by atoms with E-state index in [1.165, 1.54) is 6.08 Å². The van der Waals surface area contributed by atoms with Crippen molar-refractivity contribution in [3.63, 3.8) is 0 Å². The van der Waals surface area contributed by atoms with Gasteiger partial charge in [0.2, 0.25) is 0 Å². The summed E-state index contributed by atoms with van der Waals surface area (Å²) < 4.78 is 4.82. The highest BCUT2D eigenvalue weighted by Gasteiger charge is 2.00. The van der Waals surface area contributed by atoms with E-state index in [4.69, 9.17) is 9.52 Å². The number of carboxylic acids is 1. The number of oxazole rings is 1. The van der Waals surface area contributed by atoms with Crippen LogP contribution in [0.15, 0.2) is 33.5 Å². The summed E-state index contributed by atoms with van der Waals surface area (Å²) in [6, 6.07) is 4.93. The van der Waals surface area contributed by atoms with Crippen molar-refractivity contribution in [1.29, 1.82) is 0 Å². The van der Waals surface area contributed by atoms with E-state index >= 15 is 0 Å². The SMILES string of the molecule is O=C(O)C=Cc1ccc2[nH]c(=O)oc2c1. The van der Waals surface area contributed by atoms with E-state index in [1.54, 1.807) is 18.2 Å². The summed E-state index contributed by atoms with van der Waals surface area (Å²) in [5.74, 6) is -1.55. The van der Waals surface area contributed by atoms with Crippen LogP contribution in [0.2, 0.25) is 0 Å². The van der Waals surface area contributed by atoms with Crippen LogP contribution in [-0.2, 0) is 4.79 Å². The van der Waals surface area contributed by atoms with Crippen molar-refractivity contribution < 1.29 is 14.3 Å². The molecule has 0 saturated carbocycles. The van der Waals surface area contributed by atoms with Gasteiger partial charge in [-0.3, -0.25) is 4.98 Å². The van der Waals surface area contributed by atoms with Gasteiger partial charge in [-0.1, -0.05) is 6.07 Å². The Labute approximate surface area is 83.6 Å². The Morgan fingerprint density at radius 3 is 3.00 bits per heavy atom. The molecular formula is C10H7NO4. The normalized spacial score (nSPS) is 11.2. The Morgan fingerprint density at radius 1 is 1.47 bits per heavy atom. The fourth-order valence-electron chi connectivity index (χ4n) is 1.23. The molecule has 0 aliphatic rings. The number of aromatic nitrogens is 1. The number of hydrogen-bond donors (Lipinski definition) is 2. The van der Waals surface area contributed by atoms with E-state index in [-0.39, 0.29) is 0 Å². The average Bonchev–Trinajstić information content (AvgIpc) is 2.53. The summed E-state index contributed by atoms with van der Waals surface area (Å²) in [5.41, 5.74) is 1.66. The zero-order valence-electron chi connectivity index (χ0n) is 7.56. The summed E-state index contributed by atoms with van der Waals surface area (Å²) in [5, 5.41) is 8.43. The quantitative estimate of drug-likeness (QED) is 0.722. The van der Waals surface area contributed by atoms with Gasteiger partial charge in [0.25, 0.3) is 0 Å². The zero-order chi connectivity index (χ0) is 10.8. The molecule has 0 unspecified atom stereocenters. The first-order chi connectivity index (χ1) is 7.15. The van der Waals surface area contributed by atoms with E-state index in [2.05, 4.69) is 4.98 Å². The van der Waals surface area contributed by atoms with Crippen LogP contribution in [0.4, 0.5) is 0 Å². The maximum Gasteiger partial charge on any atom is 0.417 e.